The minimum atomic E-state index is -0.790. The standard InChI is InChI=1S/C19H19N3O6S/c1-10(23)21-18-16(13-4-2-3-5-15(13)29-18)19(25)28-9-12-7-6-11(17(20)24)8-14(12)22(26)27/h6-8H,2-5,9H2,1H3,(H2,20,24)(H,21,23). The quantitative estimate of drug-likeness (QED) is 0.420. The zero-order valence-electron chi connectivity index (χ0n) is 15.6. The predicted octanol–water partition coefficient (Wildman–Crippen LogP) is 2.95. The molecule has 0 aliphatic heterocycles. The van der Waals surface area contributed by atoms with Crippen molar-refractivity contribution in [1.29, 1.82) is 0 Å². The number of nitrogens with zero attached hydrogens (tertiary/aromatic N) is 1. The fourth-order valence-electron chi connectivity index (χ4n) is 3.25. The first-order valence-corrected chi connectivity index (χ1v) is 9.76. The molecule has 0 saturated carbocycles. The van der Waals surface area contributed by atoms with E-state index < -0.39 is 16.8 Å². The molecule has 0 spiro atoms. The first kappa shape index (κ1) is 20.5. The van der Waals surface area contributed by atoms with Gasteiger partial charge in [0.1, 0.15) is 11.6 Å². The molecule has 9 nitrogen and oxygen atoms in total. The van der Waals surface area contributed by atoms with Gasteiger partial charge in [-0.25, -0.2) is 4.79 Å². The molecule has 3 N–H and O–H groups in total. The summed E-state index contributed by atoms with van der Waals surface area (Å²) in [6.45, 7) is 1.01. The van der Waals surface area contributed by atoms with Crippen LogP contribution in [-0.4, -0.2) is 22.7 Å². The number of thiophene rings is 1. The van der Waals surface area contributed by atoms with Crippen molar-refractivity contribution in [2.45, 2.75) is 39.2 Å². The number of esters is 1. The van der Waals surface area contributed by atoms with Crippen LogP contribution in [0, 0.1) is 10.1 Å². The number of ether oxygens (including phenoxy) is 1. The molecule has 0 fully saturated rings. The molecular weight excluding hydrogens is 398 g/mol. The number of aryl methyl sites for hydroxylation is 1. The summed E-state index contributed by atoms with van der Waals surface area (Å²) in [5, 5.41) is 14.4. The number of hydrogen-bond donors (Lipinski definition) is 2. The van der Waals surface area contributed by atoms with E-state index in [-0.39, 0.29) is 29.3 Å². The van der Waals surface area contributed by atoms with Gasteiger partial charge in [-0.1, -0.05) is 0 Å². The third-order valence-corrected chi connectivity index (χ3v) is 5.80. The highest BCUT2D eigenvalue weighted by Gasteiger charge is 2.27. The van der Waals surface area contributed by atoms with Crippen molar-refractivity contribution in [2.75, 3.05) is 5.32 Å². The van der Waals surface area contributed by atoms with E-state index in [0.29, 0.717) is 17.0 Å². The van der Waals surface area contributed by atoms with Crippen molar-refractivity contribution >= 4 is 39.8 Å². The molecule has 1 aromatic heterocycles. The highest BCUT2D eigenvalue weighted by molar-refractivity contribution is 7.17. The summed E-state index contributed by atoms with van der Waals surface area (Å²) in [6, 6.07) is 3.73. The molecule has 0 unspecified atom stereocenters. The Morgan fingerprint density at radius 2 is 2.00 bits per heavy atom. The number of carbonyl (C=O) groups is 3. The molecule has 10 heteroatoms. The number of fused-ring (bicyclic) bond motifs is 1. The molecule has 0 atom stereocenters. The number of rotatable bonds is 6. The van der Waals surface area contributed by atoms with Gasteiger partial charge in [-0.05, 0) is 43.4 Å². The number of nitrogens with one attached hydrogen (secondary N) is 1. The van der Waals surface area contributed by atoms with Crippen molar-refractivity contribution < 1.29 is 24.0 Å². The Morgan fingerprint density at radius 1 is 1.28 bits per heavy atom. The van der Waals surface area contributed by atoms with Crippen molar-refractivity contribution in [3.63, 3.8) is 0 Å². The van der Waals surface area contributed by atoms with E-state index in [1.165, 1.54) is 30.4 Å². The number of anilines is 1. The van der Waals surface area contributed by atoms with Gasteiger partial charge in [-0.2, -0.15) is 0 Å². The lowest BCUT2D eigenvalue weighted by Gasteiger charge is -2.13. The maximum atomic E-state index is 12.8. The normalized spacial score (nSPS) is 12.7. The van der Waals surface area contributed by atoms with Crippen LogP contribution in [0.4, 0.5) is 10.7 Å². The number of hydrogen-bond acceptors (Lipinski definition) is 7. The van der Waals surface area contributed by atoms with Crippen molar-refractivity contribution in [3.8, 4) is 0 Å². The molecule has 0 bridgehead atoms. The Morgan fingerprint density at radius 3 is 2.66 bits per heavy atom. The third-order valence-electron chi connectivity index (χ3n) is 4.59. The van der Waals surface area contributed by atoms with E-state index in [1.807, 2.05) is 0 Å². The molecule has 0 radical (unpaired) electrons. The largest absolute Gasteiger partial charge is 0.457 e. The summed E-state index contributed by atoms with van der Waals surface area (Å²) in [5.41, 5.74) is 6.12. The van der Waals surface area contributed by atoms with Crippen LogP contribution in [0.3, 0.4) is 0 Å². The number of primary amides is 1. The number of nitro benzene ring substituents is 1. The van der Waals surface area contributed by atoms with Gasteiger partial charge in [0.2, 0.25) is 11.8 Å². The first-order chi connectivity index (χ1) is 13.8. The molecule has 1 heterocycles. The molecule has 29 heavy (non-hydrogen) atoms. The molecule has 1 aromatic carbocycles. The molecular formula is C19H19N3O6S. The molecule has 3 rings (SSSR count). The summed E-state index contributed by atoms with van der Waals surface area (Å²) in [4.78, 5) is 47.3. The van der Waals surface area contributed by atoms with Crippen LogP contribution in [0.25, 0.3) is 0 Å². The summed E-state index contributed by atoms with van der Waals surface area (Å²) in [5.74, 6) is -1.74. The van der Waals surface area contributed by atoms with Gasteiger partial charge in [0.15, 0.2) is 0 Å². The van der Waals surface area contributed by atoms with Gasteiger partial charge >= 0.3 is 5.97 Å². The fourth-order valence-corrected chi connectivity index (χ4v) is 4.58. The Kier molecular flexibility index (Phi) is 5.92. The van der Waals surface area contributed by atoms with Crippen LogP contribution >= 0.6 is 11.3 Å². The Hall–Kier alpha value is -3.27. The van der Waals surface area contributed by atoms with E-state index in [4.69, 9.17) is 10.5 Å². The van der Waals surface area contributed by atoms with Gasteiger partial charge in [0.05, 0.1) is 16.1 Å². The molecule has 2 aromatic rings. The van der Waals surface area contributed by atoms with Gasteiger partial charge in [-0.15, -0.1) is 11.3 Å². The number of nitrogens with two attached hydrogens (primary N) is 1. The van der Waals surface area contributed by atoms with E-state index >= 15 is 0 Å². The monoisotopic (exact) mass is 417 g/mol. The van der Waals surface area contributed by atoms with Crippen LogP contribution < -0.4 is 11.1 Å². The van der Waals surface area contributed by atoms with E-state index in [2.05, 4.69) is 5.32 Å². The van der Waals surface area contributed by atoms with Gasteiger partial charge in [0, 0.05) is 23.4 Å². The molecule has 2 amide bonds. The van der Waals surface area contributed by atoms with Gasteiger partial charge in [-0.3, -0.25) is 19.7 Å². The lowest BCUT2D eigenvalue weighted by molar-refractivity contribution is -0.385. The average molecular weight is 417 g/mol. The predicted molar refractivity (Wildman–Crippen MR) is 106 cm³/mol. The van der Waals surface area contributed by atoms with E-state index in [0.717, 1.165) is 35.8 Å². The summed E-state index contributed by atoms with van der Waals surface area (Å²) >= 11 is 1.36. The number of nitro groups is 1. The minimum Gasteiger partial charge on any atom is -0.457 e. The fraction of sp³-hybridized carbons (Fsp3) is 0.316. The van der Waals surface area contributed by atoms with Crippen LogP contribution in [0.5, 0.6) is 0 Å². The maximum Gasteiger partial charge on any atom is 0.341 e. The van der Waals surface area contributed by atoms with E-state index in [1.54, 1.807) is 0 Å². The van der Waals surface area contributed by atoms with Crippen molar-refractivity contribution in [3.05, 3.63) is 55.4 Å². The summed E-state index contributed by atoms with van der Waals surface area (Å²) < 4.78 is 5.35. The Bertz CT molecular complexity index is 1010. The van der Waals surface area contributed by atoms with E-state index in [9.17, 15) is 24.5 Å². The molecule has 152 valence electrons. The minimum absolute atomic E-state index is 0.00775. The lowest BCUT2D eigenvalue weighted by atomic mass is 9.95. The molecule has 0 saturated heterocycles. The molecule has 1 aliphatic rings. The lowest BCUT2D eigenvalue weighted by Crippen LogP contribution is -2.14. The summed E-state index contributed by atoms with van der Waals surface area (Å²) in [7, 11) is 0. The zero-order chi connectivity index (χ0) is 21.1. The van der Waals surface area contributed by atoms with Gasteiger partial charge in [0.25, 0.3) is 5.69 Å². The second-order valence-corrected chi connectivity index (χ2v) is 7.74. The maximum absolute atomic E-state index is 12.8. The van der Waals surface area contributed by atoms with Gasteiger partial charge < -0.3 is 15.8 Å². The Balaban J connectivity index is 1.86. The van der Waals surface area contributed by atoms with Crippen LogP contribution in [-0.2, 0) is 29.0 Å². The third kappa shape index (κ3) is 4.43. The highest BCUT2D eigenvalue weighted by Crippen LogP contribution is 2.38. The van der Waals surface area contributed by atoms with Crippen LogP contribution in [0.15, 0.2) is 18.2 Å². The van der Waals surface area contributed by atoms with Crippen molar-refractivity contribution in [2.24, 2.45) is 5.73 Å². The highest BCUT2D eigenvalue weighted by atomic mass is 32.1. The Labute approximate surface area is 170 Å². The smallest absolute Gasteiger partial charge is 0.341 e. The second kappa shape index (κ2) is 8.39. The SMILES string of the molecule is CC(=O)Nc1sc2c(c1C(=O)OCc1ccc(C(N)=O)cc1[N+](=O)[O-])CCCC2. The topological polar surface area (TPSA) is 142 Å². The first-order valence-electron chi connectivity index (χ1n) is 8.94. The van der Waals surface area contributed by atoms with Crippen LogP contribution in [0.1, 0.15) is 56.5 Å². The average Bonchev–Trinajstić information content (AvgIpc) is 3.02. The van der Waals surface area contributed by atoms with Crippen LogP contribution in [0.2, 0.25) is 0 Å². The number of amides is 2. The second-order valence-electron chi connectivity index (χ2n) is 6.64. The van der Waals surface area contributed by atoms with Crippen molar-refractivity contribution in [1.82, 2.24) is 0 Å². The summed E-state index contributed by atoms with van der Waals surface area (Å²) in [6.07, 6.45) is 3.49. The zero-order valence-corrected chi connectivity index (χ0v) is 16.5. The number of benzene rings is 1. The molecule has 1 aliphatic carbocycles. The number of carbonyl (C=O) groups excluding carboxylic acids is 3.